The van der Waals surface area contributed by atoms with Crippen LogP contribution >= 0.6 is 23.4 Å². The van der Waals surface area contributed by atoms with Crippen LogP contribution in [-0.2, 0) is 17.8 Å². The number of aromatic nitrogens is 1. The molecular weight excluding hydrogens is 680 g/mol. The number of aliphatic carboxylic acids is 1. The van der Waals surface area contributed by atoms with Gasteiger partial charge in [-0.25, -0.2) is 0 Å². The highest BCUT2D eigenvalue weighted by molar-refractivity contribution is 8.00. The number of carbonyl (C=O) groups is 2. The number of fused-ring (bicyclic) bond motifs is 1. The van der Waals surface area contributed by atoms with E-state index in [0.717, 1.165) is 45.6 Å². The summed E-state index contributed by atoms with van der Waals surface area (Å²) in [4.78, 5) is 29.0. The fourth-order valence-corrected chi connectivity index (χ4v) is 7.73. The Morgan fingerprint density at radius 1 is 0.882 bits per heavy atom. The third-order valence-corrected chi connectivity index (χ3v) is 10.6. The second-order valence-electron chi connectivity index (χ2n) is 14.8. The summed E-state index contributed by atoms with van der Waals surface area (Å²) < 4.78 is 14.5. The first kappa shape index (κ1) is 36.4. The molecule has 5 aromatic rings. The van der Waals surface area contributed by atoms with Gasteiger partial charge in [0.05, 0.1) is 11.5 Å². The smallest absolute Gasteiger partial charge is 0.309 e. The Labute approximate surface area is 309 Å². The number of para-hydroxylation sites is 1. The largest absolute Gasteiger partial charge is 0.491 e. The lowest BCUT2D eigenvalue weighted by molar-refractivity contribution is -0.146. The number of hydrogen-bond donors (Lipinski definition) is 1. The number of amides is 1. The van der Waals surface area contributed by atoms with E-state index in [-0.39, 0.29) is 16.7 Å². The molecule has 1 aliphatic rings. The normalized spacial score (nSPS) is 14.9. The summed E-state index contributed by atoms with van der Waals surface area (Å²) in [6.07, 6.45) is 2.13. The number of hydrogen-bond acceptors (Lipinski definition) is 5. The van der Waals surface area contributed by atoms with Crippen LogP contribution in [0.5, 0.6) is 17.2 Å². The highest BCUT2D eigenvalue weighted by Crippen LogP contribution is 2.44. The van der Waals surface area contributed by atoms with E-state index in [1.54, 1.807) is 25.6 Å². The van der Waals surface area contributed by atoms with Crippen LogP contribution in [0.3, 0.4) is 0 Å². The van der Waals surface area contributed by atoms with E-state index in [1.807, 2.05) is 89.8 Å². The zero-order valence-electron chi connectivity index (χ0n) is 29.8. The number of ether oxygens (including phenoxy) is 2. The lowest BCUT2D eigenvalue weighted by Crippen LogP contribution is -2.39. The predicted molar refractivity (Wildman–Crippen MR) is 206 cm³/mol. The highest BCUT2D eigenvalue weighted by Gasteiger charge is 2.33. The molecule has 7 nitrogen and oxygen atoms in total. The Morgan fingerprint density at radius 2 is 1.55 bits per heavy atom. The molecule has 0 bridgehead atoms. The Kier molecular flexibility index (Phi) is 10.7. The summed E-state index contributed by atoms with van der Waals surface area (Å²) in [5.74, 6) is 1.28. The Bertz CT molecular complexity index is 2000. The first-order valence-electron chi connectivity index (χ1n) is 17.4. The van der Waals surface area contributed by atoms with Crippen molar-refractivity contribution < 1.29 is 24.2 Å². The minimum absolute atomic E-state index is 0.0170. The van der Waals surface area contributed by atoms with E-state index in [4.69, 9.17) is 21.1 Å². The highest BCUT2D eigenvalue weighted by atomic mass is 35.5. The number of rotatable bonds is 12. The van der Waals surface area contributed by atoms with Crippen molar-refractivity contribution in [2.75, 3.05) is 13.2 Å². The predicted octanol–water partition coefficient (Wildman–Crippen LogP) is 10.4. The third kappa shape index (κ3) is 8.74. The van der Waals surface area contributed by atoms with Crippen LogP contribution in [0.4, 0.5) is 0 Å². The van der Waals surface area contributed by atoms with Crippen LogP contribution < -0.4 is 9.47 Å². The number of carbonyl (C=O) groups excluding carboxylic acids is 1. The van der Waals surface area contributed by atoms with Gasteiger partial charge >= 0.3 is 5.97 Å². The zero-order valence-corrected chi connectivity index (χ0v) is 31.4. The summed E-state index contributed by atoms with van der Waals surface area (Å²) in [5.41, 5.74) is 2.70. The average molecular weight is 725 g/mol. The standard InChI is InChI=1S/C42H45ClN2O5S/c1-41(2,3)51-38-35-24-34(21-22-36(35)45(26-28-13-17-30(43)18-14-28)37(38)25-42(4,5)40(47)48)49-27-31-10-9-23-44(31)39(46)29-15-19-33(20-16-29)50-32-11-7-6-8-12-32/h6-8,11-22,24,31H,9-10,23,25-27H2,1-5H3,(H,47,48). The van der Waals surface area contributed by atoms with Gasteiger partial charge in [-0.15, -0.1) is 11.8 Å². The molecule has 4 aromatic carbocycles. The molecule has 1 aromatic heterocycles. The van der Waals surface area contributed by atoms with Crippen molar-refractivity contribution in [1.29, 1.82) is 0 Å². The maximum atomic E-state index is 13.6. The third-order valence-electron chi connectivity index (χ3n) is 9.10. The van der Waals surface area contributed by atoms with Gasteiger partial charge in [0.25, 0.3) is 5.91 Å². The number of nitrogens with zero attached hydrogens (tertiary/aromatic N) is 2. The fourth-order valence-electron chi connectivity index (χ4n) is 6.41. The monoisotopic (exact) mass is 724 g/mol. The van der Waals surface area contributed by atoms with E-state index in [1.165, 1.54) is 0 Å². The first-order valence-corrected chi connectivity index (χ1v) is 18.6. The Hall–Kier alpha value is -4.40. The molecule has 0 spiro atoms. The van der Waals surface area contributed by atoms with Crippen LogP contribution in [0.2, 0.25) is 5.02 Å². The SMILES string of the molecule is CC(C)(C)Sc1c(CC(C)(C)C(=O)O)n(Cc2ccc(Cl)cc2)c2ccc(OCC3CCCN3C(=O)c3ccc(Oc4ccccc4)cc3)cc12. The van der Waals surface area contributed by atoms with Crippen LogP contribution in [0.1, 0.15) is 69.1 Å². The second-order valence-corrected chi connectivity index (χ2v) is 17.1. The Morgan fingerprint density at radius 3 is 2.22 bits per heavy atom. The molecule has 1 saturated heterocycles. The number of carboxylic acid groups (broad SMARTS) is 1. The quantitative estimate of drug-likeness (QED) is 0.129. The van der Waals surface area contributed by atoms with Crippen molar-refractivity contribution in [3.63, 3.8) is 0 Å². The van der Waals surface area contributed by atoms with Gasteiger partial charge in [-0.1, -0.05) is 62.7 Å². The van der Waals surface area contributed by atoms with Gasteiger partial charge in [0, 0.05) is 56.3 Å². The van der Waals surface area contributed by atoms with Gasteiger partial charge in [-0.05, 0) is 99.0 Å². The van der Waals surface area contributed by atoms with Gasteiger partial charge in [0.1, 0.15) is 23.9 Å². The summed E-state index contributed by atoms with van der Waals surface area (Å²) >= 11 is 7.95. The van der Waals surface area contributed by atoms with Crippen molar-refractivity contribution in [3.05, 3.63) is 119 Å². The lowest BCUT2D eigenvalue weighted by Gasteiger charge is -2.25. The number of carboxylic acids is 1. The number of likely N-dealkylation sites (tertiary alicyclic amines) is 1. The number of halogens is 1. The summed E-state index contributed by atoms with van der Waals surface area (Å²) in [6.45, 7) is 11.7. The van der Waals surface area contributed by atoms with E-state index in [9.17, 15) is 14.7 Å². The first-order chi connectivity index (χ1) is 24.3. The van der Waals surface area contributed by atoms with Crippen molar-refractivity contribution in [2.45, 2.75) is 76.1 Å². The summed E-state index contributed by atoms with van der Waals surface area (Å²) in [7, 11) is 0. The van der Waals surface area contributed by atoms with Crippen molar-refractivity contribution >= 4 is 46.1 Å². The molecule has 6 rings (SSSR count). The number of benzene rings is 4. The molecule has 0 aliphatic carbocycles. The van der Waals surface area contributed by atoms with Gasteiger partial charge in [-0.3, -0.25) is 9.59 Å². The van der Waals surface area contributed by atoms with Crippen molar-refractivity contribution in [3.8, 4) is 17.2 Å². The summed E-state index contributed by atoms with van der Waals surface area (Å²) in [6, 6.07) is 30.7. The van der Waals surface area contributed by atoms with Crippen LogP contribution in [0.15, 0.2) is 102 Å². The maximum absolute atomic E-state index is 13.6. The van der Waals surface area contributed by atoms with Crippen LogP contribution in [0.25, 0.3) is 10.9 Å². The van der Waals surface area contributed by atoms with E-state index < -0.39 is 11.4 Å². The fraction of sp³-hybridized carbons (Fsp3) is 0.333. The van der Waals surface area contributed by atoms with E-state index in [0.29, 0.717) is 48.2 Å². The zero-order chi connectivity index (χ0) is 36.3. The topological polar surface area (TPSA) is 81.0 Å². The molecule has 0 radical (unpaired) electrons. The average Bonchev–Trinajstić information content (AvgIpc) is 3.67. The van der Waals surface area contributed by atoms with Crippen LogP contribution in [-0.4, -0.2) is 50.4 Å². The van der Waals surface area contributed by atoms with Crippen molar-refractivity contribution in [1.82, 2.24) is 9.47 Å². The molecule has 51 heavy (non-hydrogen) atoms. The van der Waals surface area contributed by atoms with Gasteiger partial charge in [0.15, 0.2) is 0 Å². The molecule has 1 amide bonds. The van der Waals surface area contributed by atoms with E-state index >= 15 is 0 Å². The molecule has 1 atom stereocenters. The maximum Gasteiger partial charge on any atom is 0.309 e. The molecule has 1 aliphatic heterocycles. The molecular formula is C42H45ClN2O5S. The van der Waals surface area contributed by atoms with E-state index in [2.05, 4.69) is 37.5 Å². The van der Waals surface area contributed by atoms with Crippen LogP contribution in [0, 0.1) is 5.41 Å². The molecule has 266 valence electrons. The minimum atomic E-state index is -0.980. The summed E-state index contributed by atoms with van der Waals surface area (Å²) in [5, 5.41) is 11.8. The molecule has 1 N–H and O–H groups in total. The molecule has 9 heteroatoms. The molecule has 0 saturated carbocycles. The minimum Gasteiger partial charge on any atom is -0.491 e. The second kappa shape index (κ2) is 15.1. The van der Waals surface area contributed by atoms with Gasteiger partial charge in [-0.2, -0.15) is 0 Å². The molecule has 1 fully saturated rings. The number of thioether (sulfide) groups is 1. The van der Waals surface area contributed by atoms with Crippen molar-refractivity contribution in [2.24, 2.45) is 5.41 Å². The van der Waals surface area contributed by atoms with Gasteiger partial charge < -0.3 is 24.0 Å². The lowest BCUT2D eigenvalue weighted by atomic mass is 9.88. The van der Waals surface area contributed by atoms with Gasteiger partial charge in [0.2, 0.25) is 0 Å². The molecule has 1 unspecified atom stereocenters. The molecule has 2 heterocycles. The Balaban J connectivity index is 1.26.